The minimum absolute atomic E-state index is 0.150. The van der Waals surface area contributed by atoms with Crippen molar-refractivity contribution in [2.45, 2.75) is 52.0 Å². The van der Waals surface area contributed by atoms with E-state index < -0.39 is 6.04 Å². The Morgan fingerprint density at radius 3 is 2.25 bits per heavy atom. The van der Waals surface area contributed by atoms with Gasteiger partial charge in [-0.05, 0) is 42.0 Å². The van der Waals surface area contributed by atoms with Gasteiger partial charge < -0.3 is 16.0 Å². The van der Waals surface area contributed by atoms with Gasteiger partial charge in [-0.3, -0.25) is 4.79 Å². The zero-order valence-corrected chi connectivity index (χ0v) is 17.0. The summed E-state index contributed by atoms with van der Waals surface area (Å²) in [5.41, 5.74) is 3.10. The predicted octanol–water partition coefficient (Wildman–Crippen LogP) is 4.46. The lowest BCUT2D eigenvalue weighted by molar-refractivity contribution is -0.123. The SMILES string of the molecule is CCCC(NC(=O)Nc1ccc(C(C)C)cc1)C(=O)NCCc1ccccc1. The van der Waals surface area contributed by atoms with Gasteiger partial charge in [-0.25, -0.2) is 4.79 Å². The third kappa shape index (κ3) is 7.06. The Hall–Kier alpha value is -2.82. The van der Waals surface area contributed by atoms with E-state index in [0.29, 0.717) is 24.6 Å². The summed E-state index contributed by atoms with van der Waals surface area (Å²) in [6.45, 7) is 6.79. The van der Waals surface area contributed by atoms with E-state index in [0.717, 1.165) is 12.8 Å². The fourth-order valence-electron chi connectivity index (χ4n) is 2.93. The molecule has 0 fully saturated rings. The third-order valence-electron chi connectivity index (χ3n) is 4.59. The van der Waals surface area contributed by atoms with Crippen molar-refractivity contribution in [1.29, 1.82) is 0 Å². The van der Waals surface area contributed by atoms with Gasteiger partial charge in [-0.1, -0.05) is 69.7 Å². The van der Waals surface area contributed by atoms with Crippen molar-refractivity contribution in [3.05, 3.63) is 65.7 Å². The van der Waals surface area contributed by atoms with Gasteiger partial charge in [0.25, 0.3) is 0 Å². The maximum atomic E-state index is 12.5. The molecule has 5 heteroatoms. The second-order valence-corrected chi connectivity index (χ2v) is 7.24. The van der Waals surface area contributed by atoms with Crippen LogP contribution in [0.4, 0.5) is 10.5 Å². The normalized spacial score (nSPS) is 11.7. The minimum Gasteiger partial charge on any atom is -0.354 e. The summed E-state index contributed by atoms with van der Waals surface area (Å²) in [6, 6.07) is 16.8. The molecule has 0 saturated heterocycles. The molecule has 150 valence electrons. The largest absolute Gasteiger partial charge is 0.354 e. The van der Waals surface area contributed by atoms with E-state index in [-0.39, 0.29) is 11.9 Å². The van der Waals surface area contributed by atoms with Crippen LogP contribution in [0.25, 0.3) is 0 Å². The molecule has 0 spiro atoms. The van der Waals surface area contributed by atoms with E-state index >= 15 is 0 Å². The molecule has 2 aromatic rings. The first-order chi connectivity index (χ1) is 13.5. The first-order valence-corrected chi connectivity index (χ1v) is 9.98. The fraction of sp³-hybridized carbons (Fsp3) is 0.391. The lowest BCUT2D eigenvalue weighted by Crippen LogP contribution is -2.48. The Labute approximate surface area is 167 Å². The van der Waals surface area contributed by atoms with Gasteiger partial charge in [0.1, 0.15) is 6.04 Å². The van der Waals surface area contributed by atoms with Crippen molar-refractivity contribution in [3.63, 3.8) is 0 Å². The molecule has 3 N–H and O–H groups in total. The van der Waals surface area contributed by atoms with Crippen molar-refractivity contribution in [3.8, 4) is 0 Å². The standard InChI is InChI=1S/C23H31N3O2/c1-4-8-21(22(27)24-16-15-18-9-6-5-7-10-18)26-23(28)25-20-13-11-19(12-14-20)17(2)3/h5-7,9-14,17,21H,4,8,15-16H2,1-3H3,(H,24,27)(H2,25,26,28). The summed E-state index contributed by atoms with van der Waals surface area (Å²) in [6.07, 6.45) is 2.16. The van der Waals surface area contributed by atoms with Crippen molar-refractivity contribution in [2.75, 3.05) is 11.9 Å². The van der Waals surface area contributed by atoms with Crippen molar-refractivity contribution >= 4 is 17.6 Å². The molecule has 0 heterocycles. The monoisotopic (exact) mass is 381 g/mol. The molecule has 0 saturated carbocycles. The first kappa shape index (κ1) is 21.5. The smallest absolute Gasteiger partial charge is 0.319 e. The predicted molar refractivity (Wildman–Crippen MR) is 115 cm³/mol. The van der Waals surface area contributed by atoms with Crippen LogP contribution in [0.5, 0.6) is 0 Å². The summed E-state index contributed by atoms with van der Waals surface area (Å²) in [7, 11) is 0. The Morgan fingerprint density at radius 2 is 1.64 bits per heavy atom. The topological polar surface area (TPSA) is 70.2 Å². The number of amides is 3. The van der Waals surface area contributed by atoms with E-state index in [9.17, 15) is 9.59 Å². The Kier molecular flexibility index (Phi) is 8.53. The minimum atomic E-state index is -0.546. The number of nitrogens with one attached hydrogen (secondary N) is 3. The molecule has 1 atom stereocenters. The highest BCUT2D eigenvalue weighted by Crippen LogP contribution is 2.17. The van der Waals surface area contributed by atoms with Crippen LogP contribution in [-0.2, 0) is 11.2 Å². The number of carbonyl (C=O) groups is 2. The molecule has 0 aliphatic heterocycles. The Balaban J connectivity index is 1.84. The maximum absolute atomic E-state index is 12.5. The van der Waals surface area contributed by atoms with Crippen LogP contribution in [0.2, 0.25) is 0 Å². The average molecular weight is 382 g/mol. The van der Waals surface area contributed by atoms with Crippen molar-refractivity contribution < 1.29 is 9.59 Å². The molecule has 0 aliphatic carbocycles. The average Bonchev–Trinajstić information content (AvgIpc) is 2.68. The van der Waals surface area contributed by atoms with Gasteiger partial charge in [-0.2, -0.15) is 0 Å². The molecule has 2 aromatic carbocycles. The van der Waals surface area contributed by atoms with Crippen molar-refractivity contribution in [2.24, 2.45) is 0 Å². The molecule has 0 aliphatic rings. The number of carbonyl (C=O) groups excluding carboxylic acids is 2. The number of rotatable bonds is 9. The van der Waals surface area contributed by atoms with Gasteiger partial charge in [0.15, 0.2) is 0 Å². The molecule has 28 heavy (non-hydrogen) atoms. The first-order valence-electron chi connectivity index (χ1n) is 9.98. The summed E-state index contributed by atoms with van der Waals surface area (Å²) in [5, 5.41) is 8.52. The summed E-state index contributed by atoms with van der Waals surface area (Å²) >= 11 is 0. The van der Waals surface area contributed by atoms with E-state index in [4.69, 9.17) is 0 Å². The molecule has 0 aromatic heterocycles. The number of urea groups is 1. The molecule has 3 amide bonds. The molecular weight excluding hydrogens is 350 g/mol. The van der Waals surface area contributed by atoms with Gasteiger partial charge in [0.2, 0.25) is 5.91 Å². The van der Waals surface area contributed by atoms with Crippen LogP contribution >= 0.6 is 0 Å². The molecular formula is C23H31N3O2. The number of anilines is 1. The van der Waals surface area contributed by atoms with Crippen LogP contribution in [0.1, 0.15) is 50.7 Å². The van der Waals surface area contributed by atoms with Crippen LogP contribution < -0.4 is 16.0 Å². The quantitative estimate of drug-likeness (QED) is 0.600. The van der Waals surface area contributed by atoms with E-state index in [2.05, 4.69) is 29.8 Å². The summed E-state index contributed by atoms with van der Waals surface area (Å²) in [5.74, 6) is 0.291. The number of benzene rings is 2. The van der Waals surface area contributed by atoms with Crippen LogP contribution in [-0.4, -0.2) is 24.5 Å². The van der Waals surface area contributed by atoms with Crippen LogP contribution in [0.3, 0.4) is 0 Å². The second kappa shape index (κ2) is 11.1. The summed E-state index contributed by atoms with van der Waals surface area (Å²) in [4.78, 5) is 24.8. The van der Waals surface area contributed by atoms with Crippen LogP contribution in [0.15, 0.2) is 54.6 Å². The maximum Gasteiger partial charge on any atom is 0.319 e. The number of hydrogen-bond acceptors (Lipinski definition) is 2. The van der Waals surface area contributed by atoms with Gasteiger partial charge >= 0.3 is 6.03 Å². The van der Waals surface area contributed by atoms with Crippen LogP contribution in [0, 0.1) is 0 Å². The molecule has 2 rings (SSSR count). The zero-order chi connectivity index (χ0) is 20.4. The van der Waals surface area contributed by atoms with Gasteiger partial charge in [0.05, 0.1) is 0 Å². The van der Waals surface area contributed by atoms with E-state index in [1.54, 1.807) is 0 Å². The lowest BCUT2D eigenvalue weighted by Gasteiger charge is -2.18. The highest BCUT2D eigenvalue weighted by Gasteiger charge is 2.19. The fourth-order valence-corrected chi connectivity index (χ4v) is 2.93. The Morgan fingerprint density at radius 1 is 0.964 bits per heavy atom. The van der Waals surface area contributed by atoms with Gasteiger partial charge in [-0.15, -0.1) is 0 Å². The zero-order valence-electron chi connectivity index (χ0n) is 17.0. The van der Waals surface area contributed by atoms with Crippen molar-refractivity contribution in [1.82, 2.24) is 10.6 Å². The third-order valence-corrected chi connectivity index (χ3v) is 4.59. The summed E-state index contributed by atoms with van der Waals surface area (Å²) < 4.78 is 0. The molecule has 1 unspecified atom stereocenters. The number of hydrogen-bond donors (Lipinski definition) is 3. The highest BCUT2D eigenvalue weighted by molar-refractivity contribution is 5.93. The Bertz CT molecular complexity index is 742. The molecule has 0 radical (unpaired) electrons. The lowest BCUT2D eigenvalue weighted by atomic mass is 10.0. The van der Waals surface area contributed by atoms with E-state index in [1.165, 1.54) is 11.1 Å². The van der Waals surface area contributed by atoms with Gasteiger partial charge in [0, 0.05) is 12.2 Å². The molecule has 0 bridgehead atoms. The van der Waals surface area contributed by atoms with E-state index in [1.807, 2.05) is 61.5 Å². The second-order valence-electron chi connectivity index (χ2n) is 7.24. The molecule has 5 nitrogen and oxygen atoms in total. The highest BCUT2D eigenvalue weighted by atomic mass is 16.2.